The monoisotopic (exact) mass is 398 g/mol. The number of fused-ring (bicyclic) bond motifs is 2. The molecule has 1 aromatic rings. The van der Waals surface area contributed by atoms with Gasteiger partial charge in [0.2, 0.25) is 0 Å². The molecule has 0 spiro atoms. The minimum Gasteiger partial charge on any atom is -0.207 e. The van der Waals surface area contributed by atoms with Gasteiger partial charge in [0.15, 0.2) is 0 Å². The number of benzene rings is 1. The Labute approximate surface area is 179 Å². The summed E-state index contributed by atoms with van der Waals surface area (Å²) in [5, 5.41) is 0. The minimum absolute atomic E-state index is 0.111. The van der Waals surface area contributed by atoms with Gasteiger partial charge >= 0.3 is 0 Å². The molecule has 29 heavy (non-hydrogen) atoms. The van der Waals surface area contributed by atoms with Crippen molar-refractivity contribution < 1.29 is 4.39 Å². The Morgan fingerprint density at radius 3 is 2.52 bits per heavy atom. The van der Waals surface area contributed by atoms with Crippen molar-refractivity contribution in [2.24, 2.45) is 23.7 Å². The highest BCUT2D eigenvalue weighted by atomic mass is 19.1. The van der Waals surface area contributed by atoms with Crippen molar-refractivity contribution in [3.05, 3.63) is 34.6 Å². The predicted molar refractivity (Wildman–Crippen MR) is 122 cm³/mol. The van der Waals surface area contributed by atoms with Gasteiger partial charge in [-0.05, 0) is 104 Å². The number of aryl methyl sites for hydroxylation is 1. The summed E-state index contributed by atoms with van der Waals surface area (Å²) in [5.41, 5.74) is 3.87. The van der Waals surface area contributed by atoms with Crippen LogP contribution in [0, 0.1) is 29.5 Å². The summed E-state index contributed by atoms with van der Waals surface area (Å²) in [4.78, 5) is 0. The van der Waals surface area contributed by atoms with Crippen molar-refractivity contribution in [2.45, 2.75) is 116 Å². The molecule has 5 atom stereocenters. The zero-order valence-corrected chi connectivity index (χ0v) is 19.0. The molecular weight excluding hydrogens is 355 g/mol. The Morgan fingerprint density at radius 2 is 1.66 bits per heavy atom. The van der Waals surface area contributed by atoms with E-state index in [1.165, 1.54) is 101 Å². The van der Waals surface area contributed by atoms with Crippen LogP contribution < -0.4 is 0 Å². The molecule has 3 aliphatic carbocycles. The highest BCUT2D eigenvalue weighted by molar-refractivity contribution is 5.37. The maximum absolute atomic E-state index is 15.2. The van der Waals surface area contributed by atoms with Gasteiger partial charge in [0.25, 0.3) is 0 Å². The summed E-state index contributed by atoms with van der Waals surface area (Å²) >= 11 is 0. The fourth-order valence-electron chi connectivity index (χ4n) is 6.88. The first-order valence-electron chi connectivity index (χ1n) is 12.9. The molecule has 4 rings (SSSR count). The summed E-state index contributed by atoms with van der Waals surface area (Å²) in [6.07, 6.45) is 19.8. The topological polar surface area (TPSA) is 0 Å². The van der Waals surface area contributed by atoms with Gasteiger partial charge in [-0.25, -0.2) is 4.39 Å². The summed E-state index contributed by atoms with van der Waals surface area (Å²) in [6, 6.07) is 4.25. The summed E-state index contributed by atoms with van der Waals surface area (Å²) in [5.74, 6) is 4.07. The van der Waals surface area contributed by atoms with Crippen LogP contribution in [-0.4, -0.2) is 0 Å². The molecule has 2 fully saturated rings. The van der Waals surface area contributed by atoms with Gasteiger partial charge in [-0.15, -0.1) is 0 Å². The van der Waals surface area contributed by atoms with Gasteiger partial charge in [0, 0.05) is 0 Å². The largest absolute Gasteiger partial charge is 0.207 e. The predicted octanol–water partition coefficient (Wildman–Crippen LogP) is 8.61. The molecule has 0 aliphatic heterocycles. The quantitative estimate of drug-likeness (QED) is 0.403. The van der Waals surface area contributed by atoms with E-state index in [0.717, 1.165) is 35.7 Å². The van der Waals surface area contributed by atoms with Crippen LogP contribution in [0.5, 0.6) is 0 Å². The first kappa shape index (κ1) is 21.4. The number of unbranched alkanes of at least 4 members (excludes halogenated alkanes) is 4. The van der Waals surface area contributed by atoms with Gasteiger partial charge in [0.05, 0.1) is 0 Å². The minimum atomic E-state index is 0.111. The average Bonchev–Trinajstić information content (AvgIpc) is 2.72. The lowest BCUT2D eigenvalue weighted by Gasteiger charge is -2.42. The molecule has 1 heteroatoms. The molecule has 0 saturated heterocycles. The maximum atomic E-state index is 15.2. The zero-order chi connectivity index (χ0) is 20.2. The fourth-order valence-corrected chi connectivity index (χ4v) is 6.88. The lowest BCUT2D eigenvalue weighted by molar-refractivity contribution is 0.124. The van der Waals surface area contributed by atoms with Crippen LogP contribution in [-0.2, 0) is 12.8 Å². The summed E-state index contributed by atoms with van der Waals surface area (Å²) < 4.78 is 15.2. The van der Waals surface area contributed by atoms with Crippen molar-refractivity contribution in [3.8, 4) is 0 Å². The van der Waals surface area contributed by atoms with E-state index in [-0.39, 0.29) is 5.82 Å². The third-order valence-corrected chi connectivity index (χ3v) is 8.68. The Bertz CT molecular complexity index is 663. The standard InChI is InChI=1S/C28H43F/c1-3-4-5-6-7-8-21-10-12-24-18-27(28(29)19-26(24)16-21)25-14-13-22-15-20(2)9-11-23(22)17-25/h18-23,25H,3-17H2,1-2H3. The summed E-state index contributed by atoms with van der Waals surface area (Å²) in [6.45, 7) is 4.70. The number of rotatable bonds is 7. The third-order valence-electron chi connectivity index (χ3n) is 8.68. The number of hydrogen-bond donors (Lipinski definition) is 0. The Hall–Kier alpha value is -0.850. The molecule has 2 saturated carbocycles. The van der Waals surface area contributed by atoms with E-state index >= 15 is 4.39 Å². The Kier molecular flexibility index (Phi) is 7.35. The normalized spacial score (nSPS) is 31.9. The lowest BCUT2D eigenvalue weighted by Crippen LogP contribution is -2.30. The molecule has 5 unspecified atom stereocenters. The third kappa shape index (κ3) is 5.26. The van der Waals surface area contributed by atoms with Gasteiger partial charge in [-0.1, -0.05) is 64.9 Å². The molecule has 0 nitrogen and oxygen atoms in total. The molecule has 1 aromatic carbocycles. The van der Waals surface area contributed by atoms with E-state index in [9.17, 15) is 0 Å². The highest BCUT2D eigenvalue weighted by Gasteiger charge is 2.36. The van der Waals surface area contributed by atoms with Crippen molar-refractivity contribution in [3.63, 3.8) is 0 Å². The second kappa shape index (κ2) is 9.97. The van der Waals surface area contributed by atoms with Crippen LogP contribution in [0.15, 0.2) is 12.1 Å². The van der Waals surface area contributed by atoms with Crippen LogP contribution in [0.3, 0.4) is 0 Å². The van der Waals surface area contributed by atoms with Crippen LogP contribution >= 0.6 is 0 Å². The van der Waals surface area contributed by atoms with E-state index in [1.807, 2.05) is 6.07 Å². The van der Waals surface area contributed by atoms with Gasteiger partial charge in [-0.2, -0.15) is 0 Å². The van der Waals surface area contributed by atoms with Gasteiger partial charge in [0.1, 0.15) is 5.82 Å². The van der Waals surface area contributed by atoms with E-state index in [2.05, 4.69) is 19.9 Å². The molecule has 0 aromatic heterocycles. The number of hydrogen-bond acceptors (Lipinski definition) is 0. The van der Waals surface area contributed by atoms with Crippen molar-refractivity contribution in [1.82, 2.24) is 0 Å². The molecule has 162 valence electrons. The van der Waals surface area contributed by atoms with Crippen molar-refractivity contribution in [1.29, 1.82) is 0 Å². The molecule has 0 heterocycles. The molecule has 0 N–H and O–H groups in total. The second-order valence-corrected chi connectivity index (χ2v) is 10.9. The molecule has 0 amide bonds. The van der Waals surface area contributed by atoms with Crippen LogP contribution in [0.2, 0.25) is 0 Å². The average molecular weight is 399 g/mol. The SMILES string of the molecule is CCCCCCCC1CCc2cc(C3CCC4CC(C)CCC4C3)c(F)cc2C1. The lowest BCUT2D eigenvalue weighted by atomic mass is 9.64. The van der Waals surface area contributed by atoms with Crippen molar-refractivity contribution >= 4 is 0 Å². The first-order valence-corrected chi connectivity index (χ1v) is 12.9. The van der Waals surface area contributed by atoms with Gasteiger partial charge in [-0.3, -0.25) is 0 Å². The van der Waals surface area contributed by atoms with E-state index < -0.39 is 0 Å². The maximum Gasteiger partial charge on any atom is 0.126 e. The van der Waals surface area contributed by atoms with Gasteiger partial charge < -0.3 is 0 Å². The van der Waals surface area contributed by atoms with Crippen LogP contribution in [0.4, 0.5) is 4.39 Å². The van der Waals surface area contributed by atoms with E-state index in [1.54, 1.807) is 0 Å². The molecule has 3 aliphatic rings. The second-order valence-electron chi connectivity index (χ2n) is 10.9. The number of halogens is 1. The van der Waals surface area contributed by atoms with Crippen LogP contribution in [0.1, 0.15) is 120 Å². The molecule has 0 bridgehead atoms. The van der Waals surface area contributed by atoms with E-state index in [0.29, 0.717) is 5.92 Å². The van der Waals surface area contributed by atoms with Crippen LogP contribution in [0.25, 0.3) is 0 Å². The fraction of sp³-hybridized carbons (Fsp3) is 0.786. The highest BCUT2D eigenvalue weighted by Crippen LogP contribution is 2.48. The Balaban J connectivity index is 1.36. The first-order chi connectivity index (χ1) is 14.1. The molecular formula is C28H43F. The van der Waals surface area contributed by atoms with E-state index in [4.69, 9.17) is 0 Å². The zero-order valence-electron chi connectivity index (χ0n) is 19.0. The summed E-state index contributed by atoms with van der Waals surface area (Å²) in [7, 11) is 0. The smallest absolute Gasteiger partial charge is 0.126 e. The Morgan fingerprint density at radius 1 is 0.862 bits per heavy atom. The van der Waals surface area contributed by atoms with Crippen molar-refractivity contribution in [2.75, 3.05) is 0 Å². The molecule has 0 radical (unpaired) electrons.